The number of nitro groups is 1. The standard InChI is InChI=1S/C19H21NO5/c1-19(2,3)15-9-4-5-10-16(15)25-17(18(21)22)12-13-7-6-8-14(11-13)20(23)24/h4-11,17H,12H2,1-3H3,(H,21,22)/t17-/m1/s1. The molecule has 0 amide bonds. The van der Waals surface area contributed by atoms with Crippen LogP contribution in [0.3, 0.4) is 0 Å². The minimum Gasteiger partial charge on any atom is -0.478 e. The number of hydrogen-bond donors (Lipinski definition) is 1. The Morgan fingerprint density at radius 2 is 1.88 bits per heavy atom. The summed E-state index contributed by atoms with van der Waals surface area (Å²) in [7, 11) is 0. The Labute approximate surface area is 146 Å². The molecule has 0 spiro atoms. The second-order valence-corrected chi connectivity index (χ2v) is 6.82. The number of ether oxygens (including phenoxy) is 1. The first-order valence-electron chi connectivity index (χ1n) is 7.91. The summed E-state index contributed by atoms with van der Waals surface area (Å²) in [5.41, 5.74) is 1.16. The number of carbonyl (C=O) groups is 1. The number of carboxylic acid groups (broad SMARTS) is 1. The molecule has 6 heteroatoms. The van der Waals surface area contributed by atoms with Crippen molar-refractivity contribution in [2.75, 3.05) is 0 Å². The molecule has 6 nitrogen and oxygen atoms in total. The van der Waals surface area contributed by atoms with Crippen LogP contribution in [0, 0.1) is 10.1 Å². The third kappa shape index (κ3) is 4.79. The number of aliphatic carboxylic acids is 1. The van der Waals surface area contributed by atoms with Crippen molar-refractivity contribution in [2.24, 2.45) is 0 Å². The molecule has 0 aliphatic rings. The first-order valence-corrected chi connectivity index (χ1v) is 7.91. The second kappa shape index (κ2) is 7.34. The second-order valence-electron chi connectivity index (χ2n) is 6.82. The van der Waals surface area contributed by atoms with E-state index in [1.165, 1.54) is 18.2 Å². The van der Waals surface area contributed by atoms with Gasteiger partial charge in [0.25, 0.3) is 5.69 Å². The monoisotopic (exact) mass is 343 g/mol. The summed E-state index contributed by atoms with van der Waals surface area (Å²) >= 11 is 0. The van der Waals surface area contributed by atoms with Crippen LogP contribution in [-0.2, 0) is 16.6 Å². The molecule has 0 saturated heterocycles. The highest BCUT2D eigenvalue weighted by Gasteiger charge is 2.25. The SMILES string of the molecule is CC(C)(C)c1ccccc1O[C@H](Cc1cccc([N+](=O)[O-])c1)C(=O)O. The van der Waals surface area contributed by atoms with Gasteiger partial charge in [-0.2, -0.15) is 0 Å². The van der Waals surface area contributed by atoms with E-state index in [0.717, 1.165) is 5.56 Å². The molecule has 25 heavy (non-hydrogen) atoms. The van der Waals surface area contributed by atoms with E-state index in [2.05, 4.69) is 0 Å². The lowest BCUT2D eigenvalue weighted by Crippen LogP contribution is -2.30. The zero-order chi connectivity index (χ0) is 18.6. The van der Waals surface area contributed by atoms with Gasteiger partial charge in [0, 0.05) is 18.6 Å². The molecule has 0 aliphatic carbocycles. The van der Waals surface area contributed by atoms with Crippen LogP contribution < -0.4 is 4.74 Å². The maximum absolute atomic E-state index is 11.6. The van der Waals surface area contributed by atoms with Gasteiger partial charge < -0.3 is 9.84 Å². The number of non-ortho nitro benzene ring substituents is 1. The van der Waals surface area contributed by atoms with Crippen molar-refractivity contribution in [2.45, 2.75) is 38.7 Å². The topological polar surface area (TPSA) is 89.7 Å². The largest absolute Gasteiger partial charge is 0.478 e. The maximum Gasteiger partial charge on any atom is 0.345 e. The van der Waals surface area contributed by atoms with E-state index < -0.39 is 17.0 Å². The van der Waals surface area contributed by atoms with Crippen LogP contribution in [0.4, 0.5) is 5.69 Å². The molecule has 0 unspecified atom stereocenters. The van der Waals surface area contributed by atoms with Crippen molar-refractivity contribution in [1.82, 2.24) is 0 Å². The van der Waals surface area contributed by atoms with Crippen LogP contribution in [0.2, 0.25) is 0 Å². The van der Waals surface area contributed by atoms with Gasteiger partial charge in [0.15, 0.2) is 6.10 Å². The molecule has 0 bridgehead atoms. The van der Waals surface area contributed by atoms with Crippen molar-refractivity contribution < 1.29 is 19.6 Å². The van der Waals surface area contributed by atoms with E-state index in [1.807, 2.05) is 32.9 Å². The number of carboxylic acids is 1. The molecule has 2 rings (SSSR count). The highest BCUT2D eigenvalue weighted by Crippen LogP contribution is 2.32. The zero-order valence-corrected chi connectivity index (χ0v) is 14.4. The molecule has 1 atom stereocenters. The van der Waals surface area contributed by atoms with Crippen LogP contribution in [0.25, 0.3) is 0 Å². The van der Waals surface area contributed by atoms with Gasteiger partial charge in [-0.1, -0.05) is 51.1 Å². The van der Waals surface area contributed by atoms with Gasteiger partial charge in [-0.15, -0.1) is 0 Å². The molecule has 0 aliphatic heterocycles. The van der Waals surface area contributed by atoms with E-state index in [4.69, 9.17) is 4.74 Å². The Bertz CT molecular complexity index is 779. The molecule has 2 aromatic rings. The highest BCUT2D eigenvalue weighted by atomic mass is 16.6. The third-order valence-corrected chi connectivity index (χ3v) is 3.78. The number of benzene rings is 2. The van der Waals surface area contributed by atoms with E-state index >= 15 is 0 Å². The van der Waals surface area contributed by atoms with E-state index in [-0.39, 0.29) is 17.5 Å². The summed E-state index contributed by atoms with van der Waals surface area (Å²) in [4.78, 5) is 22.0. The van der Waals surface area contributed by atoms with Gasteiger partial charge in [0.2, 0.25) is 0 Å². The lowest BCUT2D eigenvalue weighted by Gasteiger charge is -2.24. The van der Waals surface area contributed by atoms with Gasteiger partial charge in [0.1, 0.15) is 5.75 Å². The van der Waals surface area contributed by atoms with Crippen molar-refractivity contribution in [3.8, 4) is 5.75 Å². The van der Waals surface area contributed by atoms with Crippen molar-refractivity contribution in [3.63, 3.8) is 0 Å². The molecular formula is C19H21NO5. The lowest BCUT2D eigenvalue weighted by molar-refractivity contribution is -0.384. The summed E-state index contributed by atoms with van der Waals surface area (Å²) in [6, 6.07) is 13.2. The van der Waals surface area contributed by atoms with Crippen LogP contribution in [-0.4, -0.2) is 22.1 Å². The molecular weight excluding hydrogens is 322 g/mol. The van der Waals surface area contributed by atoms with E-state index in [1.54, 1.807) is 18.2 Å². The Morgan fingerprint density at radius 1 is 1.20 bits per heavy atom. The average molecular weight is 343 g/mol. The molecule has 0 heterocycles. The minimum absolute atomic E-state index is 0.0372. The Morgan fingerprint density at radius 3 is 2.48 bits per heavy atom. The maximum atomic E-state index is 11.6. The van der Waals surface area contributed by atoms with Crippen molar-refractivity contribution >= 4 is 11.7 Å². The number of para-hydroxylation sites is 1. The summed E-state index contributed by atoms with van der Waals surface area (Å²) in [6.45, 7) is 6.06. The number of hydrogen-bond acceptors (Lipinski definition) is 4. The predicted molar refractivity (Wildman–Crippen MR) is 94.0 cm³/mol. The van der Waals surface area contributed by atoms with E-state index in [9.17, 15) is 20.0 Å². The van der Waals surface area contributed by atoms with Crippen LogP contribution in [0.1, 0.15) is 31.9 Å². The fourth-order valence-electron chi connectivity index (χ4n) is 2.53. The summed E-state index contributed by atoms with van der Waals surface area (Å²) < 4.78 is 5.77. The Kier molecular flexibility index (Phi) is 5.41. The molecule has 0 saturated carbocycles. The number of nitro benzene ring substituents is 1. The first-order chi connectivity index (χ1) is 11.7. The summed E-state index contributed by atoms with van der Waals surface area (Å²) in [5, 5.41) is 20.4. The number of nitrogens with zero attached hydrogens (tertiary/aromatic N) is 1. The lowest BCUT2D eigenvalue weighted by atomic mass is 9.86. The van der Waals surface area contributed by atoms with Crippen molar-refractivity contribution in [3.05, 3.63) is 69.8 Å². The van der Waals surface area contributed by atoms with Crippen LogP contribution in [0.5, 0.6) is 5.75 Å². The fourth-order valence-corrected chi connectivity index (χ4v) is 2.53. The normalized spacial score (nSPS) is 12.4. The molecule has 0 aromatic heterocycles. The molecule has 1 N–H and O–H groups in total. The molecule has 132 valence electrons. The fraction of sp³-hybridized carbons (Fsp3) is 0.316. The third-order valence-electron chi connectivity index (χ3n) is 3.78. The van der Waals surface area contributed by atoms with Crippen LogP contribution in [0.15, 0.2) is 48.5 Å². The first kappa shape index (κ1) is 18.4. The van der Waals surface area contributed by atoms with Gasteiger partial charge >= 0.3 is 5.97 Å². The van der Waals surface area contributed by atoms with Crippen LogP contribution >= 0.6 is 0 Å². The predicted octanol–water partition coefficient (Wildman–Crippen LogP) is 3.97. The molecule has 0 fully saturated rings. The zero-order valence-electron chi connectivity index (χ0n) is 14.4. The smallest absolute Gasteiger partial charge is 0.345 e. The summed E-state index contributed by atoms with van der Waals surface area (Å²) in [6.07, 6.45) is -1.10. The highest BCUT2D eigenvalue weighted by molar-refractivity contribution is 5.73. The molecule has 2 aromatic carbocycles. The van der Waals surface area contributed by atoms with Crippen molar-refractivity contribution in [1.29, 1.82) is 0 Å². The Hall–Kier alpha value is -2.89. The van der Waals surface area contributed by atoms with Gasteiger partial charge in [-0.25, -0.2) is 4.79 Å². The van der Waals surface area contributed by atoms with E-state index in [0.29, 0.717) is 11.3 Å². The summed E-state index contributed by atoms with van der Waals surface area (Å²) in [5.74, 6) is -0.608. The molecule has 0 radical (unpaired) electrons. The van der Waals surface area contributed by atoms with Gasteiger partial charge in [-0.05, 0) is 22.6 Å². The average Bonchev–Trinajstić information content (AvgIpc) is 2.54. The number of rotatable bonds is 6. The quantitative estimate of drug-likeness (QED) is 0.633. The van der Waals surface area contributed by atoms with Gasteiger partial charge in [0.05, 0.1) is 4.92 Å². The van der Waals surface area contributed by atoms with Gasteiger partial charge in [-0.3, -0.25) is 10.1 Å². The Balaban J connectivity index is 2.28. The minimum atomic E-state index is -1.13.